The molecule has 0 saturated heterocycles. The SMILES string of the molecule is Cc1cc(Cl)nnc1OCc1c(-c2ccccc2)noc1C. The van der Waals surface area contributed by atoms with E-state index in [0.717, 1.165) is 28.1 Å². The summed E-state index contributed by atoms with van der Waals surface area (Å²) in [5.74, 6) is 1.17. The second kappa shape index (κ2) is 6.15. The highest BCUT2D eigenvalue weighted by atomic mass is 35.5. The monoisotopic (exact) mass is 315 g/mol. The molecule has 2 aromatic heterocycles. The molecule has 0 fully saturated rings. The van der Waals surface area contributed by atoms with Crippen LogP contribution >= 0.6 is 11.6 Å². The molecule has 22 heavy (non-hydrogen) atoms. The van der Waals surface area contributed by atoms with Gasteiger partial charge in [0.15, 0.2) is 5.15 Å². The summed E-state index contributed by atoms with van der Waals surface area (Å²) in [5, 5.41) is 12.2. The molecule has 0 bridgehead atoms. The molecular formula is C16H14ClN3O2. The van der Waals surface area contributed by atoms with Crippen LogP contribution in [0.5, 0.6) is 5.88 Å². The van der Waals surface area contributed by atoms with E-state index in [1.807, 2.05) is 44.2 Å². The van der Waals surface area contributed by atoms with Crippen molar-refractivity contribution in [3.05, 3.63) is 58.4 Å². The smallest absolute Gasteiger partial charge is 0.236 e. The summed E-state index contributed by atoms with van der Waals surface area (Å²) in [5.41, 5.74) is 3.48. The molecule has 0 amide bonds. The molecule has 0 atom stereocenters. The molecule has 0 N–H and O–H groups in total. The van der Waals surface area contributed by atoms with Gasteiger partial charge in [-0.15, -0.1) is 10.2 Å². The number of rotatable bonds is 4. The third-order valence-corrected chi connectivity index (χ3v) is 3.48. The van der Waals surface area contributed by atoms with E-state index in [2.05, 4.69) is 15.4 Å². The lowest BCUT2D eigenvalue weighted by Crippen LogP contribution is -2.02. The lowest BCUT2D eigenvalue weighted by Gasteiger charge is -2.07. The molecule has 1 aromatic carbocycles. The molecule has 6 heteroatoms. The van der Waals surface area contributed by atoms with E-state index >= 15 is 0 Å². The van der Waals surface area contributed by atoms with Crippen LogP contribution in [0.1, 0.15) is 16.9 Å². The lowest BCUT2D eigenvalue weighted by atomic mass is 10.1. The summed E-state index contributed by atoms with van der Waals surface area (Å²) in [6, 6.07) is 11.5. The summed E-state index contributed by atoms with van der Waals surface area (Å²) in [4.78, 5) is 0. The van der Waals surface area contributed by atoms with Crippen molar-refractivity contribution >= 4 is 11.6 Å². The number of ether oxygens (including phenoxy) is 1. The zero-order valence-corrected chi connectivity index (χ0v) is 13.0. The van der Waals surface area contributed by atoms with Crippen molar-refractivity contribution in [1.82, 2.24) is 15.4 Å². The number of halogens is 1. The highest BCUT2D eigenvalue weighted by Crippen LogP contribution is 2.26. The Kier molecular flexibility index (Phi) is 4.06. The van der Waals surface area contributed by atoms with Crippen LogP contribution in [0.25, 0.3) is 11.3 Å². The van der Waals surface area contributed by atoms with E-state index in [4.69, 9.17) is 20.9 Å². The molecule has 5 nitrogen and oxygen atoms in total. The van der Waals surface area contributed by atoms with Crippen molar-refractivity contribution in [2.24, 2.45) is 0 Å². The van der Waals surface area contributed by atoms with Crippen LogP contribution in [0.3, 0.4) is 0 Å². The average molecular weight is 316 g/mol. The predicted molar refractivity (Wildman–Crippen MR) is 82.8 cm³/mol. The largest absolute Gasteiger partial charge is 0.471 e. The fourth-order valence-electron chi connectivity index (χ4n) is 2.11. The maximum absolute atomic E-state index is 5.79. The normalized spacial score (nSPS) is 10.7. The molecule has 3 rings (SSSR count). The number of aromatic nitrogens is 3. The Morgan fingerprint density at radius 3 is 2.64 bits per heavy atom. The maximum atomic E-state index is 5.79. The molecule has 0 aliphatic carbocycles. The van der Waals surface area contributed by atoms with E-state index in [1.54, 1.807) is 6.07 Å². The van der Waals surface area contributed by atoms with Crippen molar-refractivity contribution in [2.75, 3.05) is 0 Å². The first-order chi connectivity index (χ1) is 10.6. The molecule has 0 spiro atoms. The third kappa shape index (κ3) is 2.94. The summed E-state index contributed by atoms with van der Waals surface area (Å²) < 4.78 is 11.0. The van der Waals surface area contributed by atoms with E-state index in [-0.39, 0.29) is 0 Å². The molecule has 0 unspecified atom stereocenters. The fourth-order valence-corrected chi connectivity index (χ4v) is 2.31. The Balaban J connectivity index is 1.85. The third-order valence-electron chi connectivity index (χ3n) is 3.29. The first-order valence-electron chi connectivity index (χ1n) is 6.78. The number of benzene rings is 1. The average Bonchev–Trinajstić information content (AvgIpc) is 2.88. The van der Waals surface area contributed by atoms with Crippen LogP contribution in [0.2, 0.25) is 5.15 Å². The van der Waals surface area contributed by atoms with Crippen molar-refractivity contribution in [3.63, 3.8) is 0 Å². The van der Waals surface area contributed by atoms with Gasteiger partial charge < -0.3 is 9.26 Å². The minimum atomic E-state index is 0.302. The highest BCUT2D eigenvalue weighted by molar-refractivity contribution is 6.29. The van der Waals surface area contributed by atoms with Gasteiger partial charge in [-0.2, -0.15) is 0 Å². The number of nitrogens with zero attached hydrogens (tertiary/aromatic N) is 3. The Hall–Kier alpha value is -2.40. The van der Waals surface area contributed by atoms with Crippen LogP contribution in [-0.2, 0) is 6.61 Å². The predicted octanol–water partition coefficient (Wildman–Crippen LogP) is 3.98. The quantitative estimate of drug-likeness (QED) is 0.728. The molecule has 0 aliphatic rings. The topological polar surface area (TPSA) is 61.0 Å². The van der Waals surface area contributed by atoms with E-state index < -0.39 is 0 Å². The number of hydrogen-bond acceptors (Lipinski definition) is 5. The molecule has 2 heterocycles. The Morgan fingerprint density at radius 2 is 1.91 bits per heavy atom. The standard InChI is InChI=1S/C16H14ClN3O2/c1-10-8-14(17)18-19-16(10)21-9-13-11(2)22-20-15(13)12-6-4-3-5-7-12/h3-8H,9H2,1-2H3. The van der Waals surface area contributed by atoms with E-state index in [1.165, 1.54) is 0 Å². The number of hydrogen-bond donors (Lipinski definition) is 0. The van der Waals surface area contributed by atoms with Gasteiger partial charge in [-0.3, -0.25) is 0 Å². The van der Waals surface area contributed by atoms with Crippen molar-refractivity contribution in [2.45, 2.75) is 20.5 Å². The summed E-state index contributed by atoms with van der Waals surface area (Å²) in [6.45, 7) is 4.03. The minimum Gasteiger partial charge on any atom is -0.471 e. The molecule has 0 aliphatic heterocycles. The first-order valence-corrected chi connectivity index (χ1v) is 7.16. The first kappa shape index (κ1) is 14.5. The van der Waals surface area contributed by atoms with Crippen LogP contribution < -0.4 is 4.74 Å². The second-order valence-electron chi connectivity index (χ2n) is 4.88. The second-order valence-corrected chi connectivity index (χ2v) is 5.26. The van der Waals surface area contributed by atoms with Gasteiger partial charge in [0.1, 0.15) is 18.1 Å². The summed E-state index contributed by atoms with van der Waals surface area (Å²) >= 11 is 5.79. The van der Waals surface area contributed by atoms with Crippen molar-refractivity contribution in [1.29, 1.82) is 0 Å². The van der Waals surface area contributed by atoms with Gasteiger partial charge in [-0.05, 0) is 19.9 Å². The highest BCUT2D eigenvalue weighted by Gasteiger charge is 2.16. The van der Waals surface area contributed by atoms with Crippen LogP contribution in [0.15, 0.2) is 40.9 Å². The zero-order chi connectivity index (χ0) is 15.5. The van der Waals surface area contributed by atoms with Gasteiger partial charge in [0, 0.05) is 11.1 Å². The Labute approximate surface area is 132 Å². The van der Waals surface area contributed by atoms with Gasteiger partial charge in [0.2, 0.25) is 5.88 Å². The van der Waals surface area contributed by atoms with Gasteiger partial charge in [-0.25, -0.2) is 0 Å². The molecule has 0 radical (unpaired) electrons. The van der Waals surface area contributed by atoms with Crippen molar-refractivity contribution < 1.29 is 9.26 Å². The maximum Gasteiger partial charge on any atom is 0.236 e. The molecule has 112 valence electrons. The number of aryl methyl sites for hydroxylation is 2. The van der Waals surface area contributed by atoms with Crippen LogP contribution in [0, 0.1) is 13.8 Å². The van der Waals surface area contributed by atoms with Crippen molar-refractivity contribution in [3.8, 4) is 17.1 Å². The minimum absolute atomic E-state index is 0.302. The van der Waals surface area contributed by atoms with Gasteiger partial charge >= 0.3 is 0 Å². The Morgan fingerprint density at radius 1 is 1.14 bits per heavy atom. The Bertz CT molecular complexity index is 787. The zero-order valence-electron chi connectivity index (χ0n) is 12.2. The molecule has 3 aromatic rings. The van der Waals surface area contributed by atoms with Crippen LogP contribution in [-0.4, -0.2) is 15.4 Å². The summed E-state index contributed by atoms with van der Waals surface area (Å²) in [7, 11) is 0. The fraction of sp³-hybridized carbons (Fsp3) is 0.188. The van der Waals surface area contributed by atoms with E-state index in [9.17, 15) is 0 Å². The van der Waals surface area contributed by atoms with Gasteiger partial charge in [-0.1, -0.05) is 47.1 Å². The summed E-state index contributed by atoms with van der Waals surface area (Å²) in [6.07, 6.45) is 0. The van der Waals surface area contributed by atoms with E-state index in [0.29, 0.717) is 17.6 Å². The lowest BCUT2D eigenvalue weighted by molar-refractivity contribution is 0.285. The van der Waals surface area contributed by atoms with Gasteiger partial charge in [0.25, 0.3) is 0 Å². The van der Waals surface area contributed by atoms with Crippen LogP contribution in [0.4, 0.5) is 0 Å². The molecular weight excluding hydrogens is 302 g/mol. The van der Waals surface area contributed by atoms with Gasteiger partial charge in [0.05, 0.1) is 5.56 Å². The molecule has 0 saturated carbocycles.